The first-order valence-electron chi connectivity index (χ1n) is 6.97. The summed E-state index contributed by atoms with van der Waals surface area (Å²) in [5.41, 5.74) is 3.93. The van der Waals surface area contributed by atoms with Gasteiger partial charge >= 0.3 is 0 Å². The Morgan fingerprint density at radius 3 is 2.76 bits per heavy atom. The smallest absolute Gasteiger partial charge is 0.232 e. The molecule has 5 nitrogen and oxygen atoms in total. The van der Waals surface area contributed by atoms with Crippen LogP contribution in [0.1, 0.15) is 42.2 Å². The van der Waals surface area contributed by atoms with E-state index >= 15 is 0 Å². The van der Waals surface area contributed by atoms with Crippen molar-refractivity contribution in [1.82, 2.24) is 20.1 Å². The van der Waals surface area contributed by atoms with Crippen molar-refractivity contribution in [3.63, 3.8) is 0 Å². The largest absolute Gasteiger partial charge is 0.339 e. The molecule has 0 aliphatic heterocycles. The van der Waals surface area contributed by atoms with E-state index in [4.69, 9.17) is 4.52 Å². The van der Waals surface area contributed by atoms with Crippen molar-refractivity contribution < 1.29 is 4.52 Å². The van der Waals surface area contributed by atoms with Crippen LogP contribution in [0.5, 0.6) is 0 Å². The SMILES string of the molecule is c1cc(C2(c3noc(Cc4cscn4)n3)CCC2)ccn1. The predicted molar refractivity (Wildman–Crippen MR) is 78.1 cm³/mol. The highest BCUT2D eigenvalue weighted by Crippen LogP contribution is 2.47. The number of pyridine rings is 1. The van der Waals surface area contributed by atoms with Crippen molar-refractivity contribution in [3.05, 3.63) is 58.4 Å². The quantitative estimate of drug-likeness (QED) is 0.741. The van der Waals surface area contributed by atoms with Crippen LogP contribution in [-0.2, 0) is 11.8 Å². The molecule has 4 rings (SSSR count). The standard InChI is InChI=1S/C15H14N4OS/c1-4-15(5-1,11-2-6-16-7-3-11)14-18-13(20-19-14)8-12-9-21-10-17-12/h2-3,6-7,9-10H,1,4-5,8H2. The highest BCUT2D eigenvalue weighted by atomic mass is 32.1. The Kier molecular flexibility index (Phi) is 3.03. The minimum atomic E-state index is -0.0905. The van der Waals surface area contributed by atoms with E-state index < -0.39 is 0 Å². The summed E-state index contributed by atoms with van der Waals surface area (Å²) in [4.78, 5) is 13.0. The summed E-state index contributed by atoms with van der Waals surface area (Å²) in [5.74, 6) is 1.43. The first-order valence-corrected chi connectivity index (χ1v) is 7.92. The van der Waals surface area contributed by atoms with Crippen molar-refractivity contribution >= 4 is 11.3 Å². The molecule has 3 heterocycles. The van der Waals surface area contributed by atoms with Crippen LogP contribution in [0.4, 0.5) is 0 Å². The fourth-order valence-electron chi connectivity index (χ4n) is 2.84. The molecule has 1 aliphatic carbocycles. The minimum absolute atomic E-state index is 0.0905. The maximum absolute atomic E-state index is 5.43. The lowest BCUT2D eigenvalue weighted by Crippen LogP contribution is -2.36. The van der Waals surface area contributed by atoms with E-state index in [1.807, 2.05) is 23.3 Å². The molecule has 0 amide bonds. The molecule has 0 spiro atoms. The molecule has 0 N–H and O–H groups in total. The third-order valence-electron chi connectivity index (χ3n) is 4.15. The molecule has 0 bridgehead atoms. The van der Waals surface area contributed by atoms with Crippen LogP contribution in [0.2, 0.25) is 0 Å². The highest BCUT2D eigenvalue weighted by molar-refractivity contribution is 7.07. The minimum Gasteiger partial charge on any atom is -0.339 e. The number of hydrogen-bond acceptors (Lipinski definition) is 6. The number of thiazole rings is 1. The molecular formula is C15H14N4OS. The molecule has 3 aromatic rings. The summed E-state index contributed by atoms with van der Waals surface area (Å²) in [6.07, 6.45) is 7.57. The molecule has 1 fully saturated rings. The van der Waals surface area contributed by atoms with E-state index in [9.17, 15) is 0 Å². The van der Waals surface area contributed by atoms with Crippen LogP contribution in [0, 0.1) is 0 Å². The van der Waals surface area contributed by atoms with Gasteiger partial charge in [-0.1, -0.05) is 11.6 Å². The van der Waals surface area contributed by atoms with Crippen LogP contribution < -0.4 is 0 Å². The van der Waals surface area contributed by atoms with Gasteiger partial charge in [0.1, 0.15) is 0 Å². The number of hydrogen-bond donors (Lipinski definition) is 0. The molecule has 21 heavy (non-hydrogen) atoms. The highest BCUT2D eigenvalue weighted by Gasteiger charge is 2.44. The van der Waals surface area contributed by atoms with E-state index in [0.717, 1.165) is 24.4 Å². The van der Waals surface area contributed by atoms with Gasteiger partial charge < -0.3 is 4.52 Å². The Morgan fingerprint density at radius 2 is 2.10 bits per heavy atom. The van der Waals surface area contributed by atoms with E-state index in [2.05, 4.69) is 32.2 Å². The van der Waals surface area contributed by atoms with Crippen LogP contribution in [-0.4, -0.2) is 20.1 Å². The summed E-state index contributed by atoms with van der Waals surface area (Å²) in [6, 6.07) is 4.10. The van der Waals surface area contributed by atoms with Crippen molar-refractivity contribution in [2.75, 3.05) is 0 Å². The van der Waals surface area contributed by atoms with Crippen molar-refractivity contribution in [2.24, 2.45) is 0 Å². The normalized spacial score (nSPS) is 16.6. The zero-order valence-electron chi connectivity index (χ0n) is 11.4. The Labute approximate surface area is 126 Å². The van der Waals surface area contributed by atoms with Crippen LogP contribution in [0.25, 0.3) is 0 Å². The molecular weight excluding hydrogens is 284 g/mol. The van der Waals surface area contributed by atoms with Gasteiger partial charge in [-0.15, -0.1) is 11.3 Å². The fraction of sp³-hybridized carbons (Fsp3) is 0.333. The summed E-state index contributed by atoms with van der Waals surface area (Å²) in [5, 5.41) is 6.24. The molecule has 0 radical (unpaired) electrons. The second kappa shape index (κ2) is 5.04. The topological polar surface area (TPSA) is 64.7 Å². The molecule has 0 aromatic carbocycles. The second-order valence-electron chi connectivity index (χ2n) is 5.34. The van der Waals surface area contributed by atoms with E-state index in [-0.39, 0.29) is 5.41 Å². The third-order valence-corrected chi connectivity index (χ3v) is 4.79. The van der Waals surface area contributed by atoms with Gasteiger partial charge in [-0.05, 0) is 30.5 Å². The average molecular weight is 298 g/mol. The van der Waals surface area contributed by atoms with Gasteiger partial charge in [0.05, 0.1) is 23.0 Å². The van der Waals surface area contributed by atoms with Gasteiger partial charge in [-0.3, -0.25) is 4.98 Å². The first kappa shape index (κ1) is 12.6. The fourth-order valence-corrected chi connectivity index (χ4v) is 3.40. The molecule has 0 unspecified atom stereocenters. The molecule has 0 saturated heterocycles. The maximum atomic E-state index is 5.43. The lowest BCUT2D eigenvalue weighted by Gasteiger charge is -2.39. The predicted octanol–water partition coefficient (Wildman–Crippen LogP) is 2.98. The monoisotopic (exact) mass is 298 g/mol. The average Bonchev–Trinajstić information content (AvgIpc) is 3.12. The van der Waals surface area contributed by atoms with Gasteiger partial charge in [-0.25, -0.2) is 4.98 Å². The number of aromatic nitrogens is 4. The van der Waals surface area contributed by atoms with Gasteiger partial charge in [0.2, 0.25) is 5.89 Å². The molecule has 6 heteroatoms. The lowest BCUT2D eigenvalue weighted by atomic mass is 9.64. The van der Waals surface area contributed by atoms with Crippen molar-refractivity contribution in [2.45, 2.75) is 31.1 Å². The number of nitrogens with zero attached hydrogens (tertiary/aromatic N) is 4. The summed E-state index contributed by atoms with van der Waals surface area (Å²) < 4.78 is 5.43. The van der Waals surface area contributed by atoms with Crippen LogP contribution in [0.3, 0.4) is 0 Å². The summed E-state index contributed by atoms with van der Waals surface area (Å²) in [6.45, 7) is 0. The Balaban J connectivity index is 1.65. The van der Waals surface area contributed by atoms with Gasteiger partial charge in [0, 0.05) is 17.8 Å². The molecule has 1 saturated carbocycles. The van der Waals surface area contributed by atoms with Crippen molar-refractivity contribution in [3.8, 4) is 0 Å². The van der Waals surface area contributed by atoms with Gasteiger partial charge in [0.25, 0.3) is 0 Å². The summed E-state index contributed by atoms with van der Waals surface area (Å²) >= 11 is 1.58. The van der Waals surface area contributed by atoms with Gasteiger partial charge in [-0.2, -0.15) is 4.98 Å². The van der Waals surface area contributed by atoms with Crippen molar-refractivity contribution in [1.29, 1.82) is 0 Å². The third kappa shape index (κ3) is 2.15. The molecule has 0 atom stereocenters. The van der Waals surface area contributed by atoms with E-state index in [1.165, 1.54) is 12.0 Å². The van der Waals surface area contributed by atoms with Crippen LogP contribution in [0.15, 0.2) is 39.9 Å². The van der Waals surface area contributed by atoms with Crippen LogP contribution >= 0.6 is 11.3 Å². The summed E-state index contributed by atoms with van der Waals surface area (Å²) in [7, 11) is 0. The van der Waals surface area contributed by atoms with Gasteiger partial charge in [0.15, 0.2) is 5.82 Å². The molecule has 106 valence electrons. The lowest BCUT2D eigenvalue weighted by molar-refractivity contribution is 0.271. The number of rotatable bonds is 4. The Hall–Kier alpha value is -2.08. The molecule has 1 aliphatic rings. The second-order valence-corrected chi connectivity index (χ2v) is 6.06. The zero-order chi connectivity index (χ0) is 14.1. The van der Waals surface area contributed by atoms with E-state index in [0.29, 0.717) is 12.3 Å². The Bertz CT molecular complexity index is 719. The maximum Gasteiger partial charge on any atom is 0.232 e. The molecule has 3 aromatic heterocycles. The Morgan fingerprint density at radius 1 is 1.24 bits per heavy atom. The first-order chi connectivity index (χ1) is 10.4. The zero-order valence-corrected chi connectivity index (χ0v) is 12.2. The van der Waals surface area contributed by atoms with E-state index in [1.54, 1.807) is 11.3 Å².